The molecule has 0 saturated carbocycles. The van der Waals surface area contributed by atoms with Gasteiger partial charge in [0, 0.05) is 44.6 Å². The summed E-state index contributed by atoms with van der Waals surface area (Å²) < 4.78 is 4.72. The Hall–Kier alpha value is -2.35. The van der Waals surface area contributed by atoms with Gasteiger partial charge in [-0.25, -0.2) is 4.68 Å². The molecule has 0 aliphatic carbocycles. The normalized spacial score (nSPS) is 15.9. The fraction of sp³-hybridized carbons (Fsp3) is 0.350. The van der Waals surface area contributed by atoms with Gasteiger partial charge in [-0.3, -0.25) is 19.4 Å². The third kappa shape index (κ3) is 4.16. The van der Waals surface area contributed by atoms with E-state index in [0.717, 1.165) is 61.4 Å². The molecule has 0 unspecified atom stereocenters. The molecule has 1 aromatic carbocycles. The van der Waals surface area contributed by atoms with Gasteiger partial charge in [-0.1, -0.05) is 24.3 Å². The van der Waals surface area contributed by atoms with E-state index in [9.17, 15) is 0 Å². The third-order valence-corrected chi connectivity index (χ3v) is 5.32. The SMILES string of the molecule is Cc1nn(CN2CCN(Cc3ccccn3)CC2)c(=S)n1-c1ccccc1. The molecule has 0 atom stereocenters. The molecule has 3 aromatic rings. The molecule has 0 N–H and O–H groups in total. The van der Waals surface area contributed by atoms with Gasteiger partial charge in [-0.05, 0) is 43.4 Å². The summed E-state index contributed by atoms with van der Waals surface area (Å²) in [4.78, 5) is 9.29. The van der Waals surface area contributed by atoms with E-state index in [4.69, 9.17) is 12.2 Å². The first-order valence-electron chi connectivity index (χ1n) is 9.27. The zero-order chi connectivity index (χ0) is 18.6. The molecule has 2 aromatic heterocycles. The lowest BCUT2D eigenvalue weighted by Crippen LogP contribution is -2.46. The number of para-hydroxylation sites is 1. The number of hydrogen-bond donors (Lipinski definition) is 0. The van der Waals surface area contributed by atoms with Crippen molar-refractivity contribution < 1.29 is 0 Å². The minimum atomic E-state index is 0.733. The van der Waals surface area contributed by atoms with E-state index in [1.807, 2.05) is 52.7 Å². The van der Waals surface area contributed by atoms with Crippen LogP contribution in [0.3, 0.4) is 0 Å². The Kier molecular flexibility index (Phi) is 5.42. The van der Waals surface area contributed by atoms with Crippen LogP contribution in [0, 0.1) is 11.7 Å². The highest BCUT2D eigenvalue weighted by molar-refractivity contribution is 7.71. The quantitative estimate of drug-likeness (QED) is 0.637. The Morgan fingerprint density at radius 2 is 1.63 bits per heavy atom. The molecule has 1 saturated heterocycles. The van der Waals surface area contributed by atoms with Crippen molar-refractivity contribution in [1.82, 2.24) is 29.1 Å². The first-order chi connectivity index (χ1) is 13.2. The summed E-state index contributed by atoms with van der Waals surface area (Å²) in [5.41, 5.74) is 2.19. The molecule has 0 radical (unpaired) electrons. The number of aromatic nitrogens is 4. The zero-order valence-corrected chi connectivity index (χ0v) is 16.3. The van der Waals surface area contributed by atoms with Crippen molar-refractivity contribution in [2.24, 2.45) is 0 Å². The monoisotopic (exact) mass is 380 g/mol. The maximum atomic E-state index is 5.69. The molecular weight excluding hydrogens is 356 g/mol. The van der Waals surface area contributed by atoms with Gasteiger partial charge < -0.3 is 0 Å². The van der Waals surface area contributed by atoms with Crippen molar-refractivity contribution >= 4 is 12.2 Å². The molecule has 3 heterocycles. The number of aryl methyl sites for hydroxylation is 1. The molecule has 4 rings (SSSR count). The second-order valence-electron chi connectivity index (χ2n) is 6.86. The van der Waals surface area contributed by atoms with Crippen LogP contribution in [0.4, 0.5) is 0 Å². The van der Waals surface area contributed by atoms with Crippen LogP contribution < -0.4 is 0 Å². The maximum absolute atomic E-state index is 5.69. The van der Waals surface area contributed by atoms with Crippen molar-refractivity contribution in [3.63, 3.8) is 0 Å². The van der Waals surface area contributed by atoms with Gasteiger partial charge in [-0.2, -0.15) is 5.10 Å². The molecule has 0 spiro atoms. The largest absolute Gasteiger partial charge is 0.295 e. The highest BCUT2D eigenvalue weighted by atomic mass is 32.1. The Morgan fingerprint density at radius 3 is 2.33 bits per heavy atom. The van der Waals surface area contributed by atoms with Gasteiger partial charge >= 0.3 is 0 Å². The average molecular weight is 381 g/mol. The minimum Gasteiger partial charge on any atom is -0.295 e. The van der Waals surface area contributed by atoms with E-state index < -0.39 is 0 Å². The minimum absolute atomic E-state index is 0.733. The second-order valence-corrected chi connectivity index (χ2v) is 7.22. The highest BCUT2D eigenvalue weighted by Gasteiger charge is 2.19. The van der Waals surface area contributed by atoms with Crippen molar-refractivity contribution in [3.8, 4) is 5.69 Å². The summed E-state index contributed by atoms with van der Waals surface area (Å²) in [6.07, 6.45) is 1.86. The van der Waals surface area contributed by atoms with Crippen LogP contribution >= 0.6 is 12.2 Å². The van der Waals surface area contributed by atoms with E-state index in [0.29, 0.717) is 0 Å². The zero-order valence-electron chi connectivity index (χ0n) is 15.5. The lowest BCUT2D eigenvalue weighted by molar-refractivity contribution is 0.0972. The summed E-state index contributed by atoms with van der Waals surface area (Å²) in [7, 11) is 0. The van der Waals surface area contributed by atoms with Crippen LogP contribution in [-0.2, 0) is 13.2 Å². The summed E-state index contributed by atoms with van der Waals surface area (Å²) in [5.74, 6) is 0.917. The van der Waals surface area contributed by atoms with Gasteiger partial charge in [0.25, 0.3) is 0 Å². The number of nitrogens with zero attached hydrogens (tertiary/aromatic N) is 6. The third-order valence-electron chi connectivity index (χ3n) is 4.93. The van der Waals surface area contributed by atoms with Crippen LogP contribution in [0.5, 0.6) is 0 Å². The second kappa shape index (κ2) is 8.12. The van der Waals surface area contributed by atoms with Crippen LogP contribution in [-0.4, -0.2) is 55.3 Å². The standard InChI is InChI=1S/C20H24N6S/c1-17-22-25(20(27)26(17)19-8-3-2-4-9-19)16-24-13-11-23(12-14-24)15-18-7-5-6-10-21-18/h2-10H,11-16H2,1H3. The van der Waals surface area contributed by atoms with Crippen molar-refractivity contribution in [2.75, 3.05) is 26.2 Å². The van der Waals surface area contributed by atoms with Crippen LogP contribution in [0.2, 0.25) is 0 Å². The predicted octanol–water partition coefficient (Wildman–Crippen LogP) is 2.88. The number of piperazine rings is 1. The van der Waals surface area contributed by atoms with Crippen LogP contribution in [0.15, 0.2) is 54.7 Å². The summed E-state index contributed by atoms with van der Waals surface area (Å²) in [6, 6.07) is 16.3. The van der Waals surface area contributed by atoms with E-state index in [1.54, 1.807) is 0 Å². The Balaban J connectivity index is 1.39. The van der Waals surface area contributed by atoms with Gasteiger partial charge in [0.05, 0.1) is 12.4 Å². The Labute approximate surface area is 164 Å². The molecule has 7 heteroatoms. The molecule has 0 bridgehead atoms. The van der Waals surface area contributed by atoms with Crippen molar-refractivity contribution in [2.45, 2.75) is 20.1 Å². The molecule has 140 valence electrons. The molecule has 27 heavy (non-hydrogen) atoms. The molecule has 1 fully saturated rings. The summed E-state index contributed by atoms with van der Waals surface area (Å²) in [6.45, 7) is 7.72. The maximum Gasteiger partial charge on any atom is 0.203 e. The first-order valence-corrected chi connectivity index (χ1v) is 9.68. The van der Waals surface area contributed by atoms with Crippen molar-refractivity contribution in [3.05, 3.63) is 71.0 Å². The van der Waals surface area contributed by atoms with Crippen LogP contribution in [0.25, 0.3) is 5.69 Å². The number of hydrogen-bond acceptors (Lipinski definition) is 5. The first kappa shape index (κ1) is 18.0. The lowest BCUT2D eigenvalue weighted by Gasteiger charge is -2.34. The molecule has 1 aliphatic heterocycles. The van der Waals surface area contributed by atoms with E-state index in [1.165, 1.54) is 0 Å². The van der Waals surface area contributed by atoms with Gasteiger partial charge in [0.1, 0.15) is 5.82 Å². The van der Waals surface area contributed by atoms with Crippen molar-refractivity contribution in [1.29, 1.82) is 0 Å². The molecule has 6 nitrogen and oxygen atoms in total. The number of pyridine rings is 1. The van der Waals surface area contributed by atoms with E-state index >= 15 is 0 Å². The average Bonchev–Trinajstić information content (AvgIpc) is 2.98. The number of benzene rings is 1. The predicted molar refractivity (Wildman–Crippen MR) is 108 cm³/mol. The smallest absolute Gasteiger partial charge is 0.203 e. The molecule has 1 aliphatic rings. The van der Waals surface area contributed by atoms with Gasteiger partial charge in [-0.15, -0.1) is 0 Å². The molecular formula is C20H24N6S. The fourth-order valence-corrected chi connectivity index (χ4v) is 3.82. The lowest BCUT2D eigenvalue weighted by atomic mass is 10.3. The van der Waals surface area contributed by atoms with Crippen LogP contribution in [0.1, 0.15) is 11.5 Å². The van der Waals surface area contributed by atoms with E-state index in [2.05, 4.69) is 38.1 Å². The Morgan fingerprint density at radius 1 is 0.926 bits per heavy atom. The Bertz CT molecular complexity index is 926. The summed E-state index contributed by atoms with van der Waals surface area (Å²) >= 11 is 5.69. The topological polar surface area (TPSA) is 42.1 Å². The highest BCUT2D eigenvalue weighted by Crippen LogP contribution is 2.13. The number of rotatable bonds is 5. The fourth-order valence-electron chi connectivity index (χ4n) is 3.48. The molecule has 0 amide bonds. The van der Waals surface area contributed by atoms with E-state index in [-0.39, 0.29) is 0 Å². The van der Waals surface area contributed by atoms with Gasteiger partial charge in [0.15, 0.2) is 0 Å². The summed E-state index contributed by atoms with van der Waals surface area (Å²) in [5, 5.41) is 4.68. The van der Waals surface area contributed by atoms with Gasteiger partial charge in [0.2, 0.25) is 4.77 Å².